The van der Waals surface area contributed by atoms with Gasteiger partial charge in [-0.3, -0.25) is 4.79 Å². The van der Waals surface area contributed by atoms with E-state index in [-0.39, 0.29) is 25.6 Å². The number of hydrogen-bond acceptors (Lipinski definition) is 3. The third kappa shape index (κ3) is 8.27. The van der Waals surface area contributed by atoms with Crippen molar-refractivity contribution in [3.63, 3.8) is 0 Å². The molecule has 3 N–H and O–H groups in total. The van der Waals surface area contributed by atoms with Crippen LogP contribution >= 0.6 is 0 Å². The average Bonchev–Trinajstić information content (AvgIpc) is 2.27. The number of unbranched alkanes of at least 4 members (excludes halogenated alkanes) is 1. The Kier molecular flexibility index (Phi) is 8.77. The lowest BCUT2D eigenvalue weighted by molar-refractivity contribution is -0.137. The van der Waals surface area contributed by atoms with Crippen LogP contribution in [0.5, 0.6) is 0 Å². The van der Waals surface area contributed by atoms with E-state index in [2.05, 4.69) is 11.9 Å². The van der Waals surface area contributed by atoms with Crippen LogP contribution in [-0.4, -0.2) is 53.4 Å². The molecule has 6 nitrogen and oxygen atoms in total. The van der Waals surface area contributed by atoms with Gasteiger partial charge >= 0.3 is 12.0 Å². The van der Waals surface area contributed by atoms with Crippen LogP contribution in [0.4, 0.5) is 4.79 Å². The van der Waals surface area contributed by atoms with Gasteiger partial charge in [-0.15, -0.1) is 6.58 Å². The largest absolute Gasteiger partial charge is 0.481 e. The van der Waals surface area contributed by atoms with Crippen molar-refractivity contribution < 1.29 is 19.8 Å². The highest BCUT2D eigenvalue weighted by Crippen LogP contribution is 1.95. The summed E-state index contributed by atoms with van der Waals surface area (Å²) in [6, 6.07) is -0.269. The molecule has 0 saturated carbocycles. The third-order valence-corrected chi connectivity index (χ3v) is 2.10. The number of nitrogens with zero attached hydrogens (tertiary/aromatic N) is 1. The highest BCUT2D eigenvalue weighted by atomic mass is 16.4. The number of amides is 2. The first-order valence-corrected chi connectivity index (χ1v) is 5.58. The highest BCUT2D eigenvalue weighted by molar-refractivity contribution is 5.74. The minimum Gasteiger partial charge on any atom is -0.481 e. The van der Waals surface area contributed by atoms with Crippen LogP contribution in [0.2, 0.25) is 0 Å². The molecule has 0 atom stereocenters. The topological polar surface area (TPSA) is 89.9 Å². The van der Waals surface area contributed by atoms with Crippen LogP contribution in [0.15, 0.2) is 12.7 Å². The molecule has 0 aliphatic rings. The normalized spacial score (nSPS) is 9.71. The second kappa shape index (κ2) is 9.65. The molecule has 0 heterocycles. The molecule has 0 aromatic heterocycles. The molecule has 0 rings (SSSR count). The fourth-order valence-electron chi connectivity index (χ4n) is 1.26. The number of hydrogen-bond donors (Lipinski definition) is 3. The van der Waals surface area contributed by atoms with E-state index in [1.165, 1.54) is 4.90 Å². The van der Waals surface area contributed by atoms with E-state index >= 15 is 0 Å². The first kappa shape index (κ1) is 15.4. The van der Waals surface area contributed by atoms with Crippen molar-refractivity contribution in [2.45, 2.75) is 19.3 Å². The third-order valence-electron chi connectivity index (χ3n) is 2.10. The minimum atomic E-state index is -0.829. The number of aliphatic hydroxyl groups is 1. The van der Waals surface area contributed by atoms with Gasteiger partial charge in [0.25, 0.3) is 0 Å². The Bertz CT molecular complexity index is 256. The number of carboxylic acids is 1. The summed E-state index contributed by atoms with van der Waals surface area (Å²) >= 11 is 0. The van der Waals surface area contributed by atoms with Crippen molar-refractivity contribution in [3.8, 4) is 0 Å². The number of carbonyl (C=O) groups excluding carboxylic acids is 1. The molecule has 0 fully saturated rings. The summed E-state index contributed by atoms with van der Waals surface area (Å²) in [6.45, 7) is 4.50. The predicted octanol–water partition coefficient (Wildman–Crippen LogP) is 0.431. The van der Waals surface area contributed by atoms with Crippen molar-refractivity contribution in [3.05, 3.63) is 12.7 Å². The van der Waals surface area contributed by atoms with E-state index in [0.29, 0.717) is 25.9 Å². The van der Waals surface area contributed by atoms with E-state index in [1.54, 1.807) is 6.08 Å². The molecule has 0 spiro atoms. The minimum absolute atomic E-state index is 0.0970. The van der Waals surface area contributed by atoms with Crippen LogP contribution in [0.3, 0.4) is 0 Å². The zero-order valence-corrected chi connectivity index (χ0v) is 9.89. The number of urea groups is 1. The van der Waals surface area contributed by atoms with Crippen LogP contribution < -0.4 is 5.32 Å². The highest BCUT2D eigenvalue weighted by Gasteiger charge is 2.09. The molecule has 0 aromatic rings. The number of carbonyl (C=O) groups is 2. The molecular weight excluding hydrogens is 224 g/mol. The number of nitrogens with one attached hydrogen (secondary N) is 1. The summed E-state index contributed by atoms with van der Waals surface area (Å²) in [6.07, 6.45) is 2.86. The lowest BCUT2D eigenvalue weighted by Crippen LogP contribution is -2.41. The maximum Gasteiger partial charge on any atom is 0.317 e. The van der Waals surface area contributed by atoms with Gasteiger partial charge < -0.3 is 20.4 Å². The maximum atomic E-state index is 11.6. The Morgan fingerprint density at radius 3 is 2.59 bits per heavy atom. The SMILES string of the molecule is C=CCN(CCO)C(=O)NCCCCC(=O)O. The van der Waals surface area contributed by atoms with Crippen molar-refractivity contribution in [1.82, 2.24) is 10.2 Å². The first-order valence-electron chi connectivity index (χ1n) is 5.58. The van der Waals surface area contributed by atoms with Crippen LogP contribution in [0.25, 0.3) is 0 Å². The quantitative estimate of drug-likeness (QED) is 0.405. The lowest BCUT2D eigenvalue weighted by atomic mass is 10.2. The Labute approximate surface area is 101 Å². The molecule has 0 unspecified atom stereocenters. The van der Waals surface area contributed by atoms with Crippen molar-refractivity contribution in [2.24, 2.45) is 0 Å². The van der Waals surface area contributed by atoms with E-state index in [4.69, 9.17) is 10.2 Å². The number of rotatable bonds is 9. The van der Waals surface area contributed by atoms with Crippen LogP contribution in [0, 0.1) is 0 Å². The van der Waals surface area contributed by atoms with E-state index in [9.17, 15) is 9.59 Å². The second-order valence-electron chi connectivity index (χ2n) is 3.54. The van der Waals surface area contributed by atoms with E-state index in [0.717, 1.165) is 0 Å². The van der Waals surface area contributed by atoms with Gasteiger partial charge in [-0.25, -0.2) is 4.79 Å². The number of aliphatic hydroxyl groups excluding tert-OH is 1. The molecule has 0 aliphatic heterocycles. The zero-order chi connectivity index (χ0) is 13.1. The van der Waals surface area contributed by atoms with Crippen LogP contribution in [-0.2, 0) is 4.79 Å². The van der Waals surface area contributed by atoms with E-state index in [1.807, 2.05) is 0 Å². The summed E-state index contributed by atoms with van der Waals surface area (Å²) in [4.78, 5) is 23.2. The fraction of sp³-hybridized carbons (Fsp3) is 0.636. The lowest BCUT2D eigenvalue weighted by Gasteiger charge is -2.20. The summed E-state index contributed by atoms with van der Waals surface area (Å²) in [5.41, 5.74) is 0. The zero-order valence-electron chi connectivity index (χ0n) is 9.89. The standard InChI is InChI=1S/C11H20N2O4/c1-2-7-13(8-9-14)11(17)12-6-4-3-5-10(15)16/h2,14H,1,3-9H2,(H,12,17)(H,15,16). The molecule has 0 aromatic carbocycles. The molecule has 2 amide bonds. The molecule has 98 valence electrons. The second-order valence-corrected chi connectivity index (χ2v) is 3.54. The Balaban J connectivity index is 3.73. The van der Waals surface area contributed by atoms with Gasteiger partial charge in [-0.1, -0.05) is 6.08 Å². The van der Waals surface area contributed by atoms with Crippen LogP contribution in [0.1, 0.15) is 19.3 Å². The fourth-order valence-corrected chi connectivity index (χ4v) is 1.26. The Morgan fingerprint density at radius 2 is 2.06 bits per heavy atom. The Hall–Kier alpha value is -1.56. The molecular formula is C11H20N2O4. The average molecular weight is 244 g/mol. The smallest absolute Gasteiger partial charge is 0.317 e. The monoisotopic (exact) mass is 244 g/mol. The van der Waals surface area contributed by atoms with Gasteiger partial charge in [0, 0.05) is 26.1 Å². The number of carboxylic acid groups (broad SMARTS) is 1. The molecule has 17 heavy (non-hydrogen) atoms. The van der Waals surface area contributed by atoms with Gasteiger partial charge in [0.1, 0.15) is 0 Å². The van der Waals surface area contributed by atoms with E-state index < -0.39 is 5.97 Å². The van der Waals surface area contributed by atoms with Gasteiger partial charge in [0.2, 0.25) is 0 Å². The summed E-state index contributed by atoms with van der Waals surface area (Å²) < 4.78 is 0. The van der Waals surface area contributed by atoms with Crippen molar-refractivity contribution in [2.75, 3.05) is 26.2 Å². The molecule has 0 aliphatic carbocycles. The predicted molar refractivity (Wildman–Crippen MR) is 63.7 cm³/mol. The Morgan fingerprint density at radius 1 is 1.35 bits per heavy atom. The van der Waals surface area contributed by atoms with Crippen molar-refractivity contribution >= 4 is 12.0 Å². The van der Waals surface area contributed by atoms with Gasteiger partial charge in [0.15, 0.2) is 0 Å². The first-order chi connectivity index (χ1) is 8.11. The molecule has 6 heteroatoms. The van der Waals surface area contributed by atoms with Crippen molar-refractivity contribution in [1.29, 1.82) is 0 Å². The molecule has 0 radical (unpaired) electrons. The summed E-state index contributed by atoms with van der Waals surface area (Å²) in [7, 11) is 0. The maximum absolute atomic E-state index is 11.6. The summed E-state index contributed by atoms with van der Waals surface area (Å²) in [5, 5.41) is 19.8. The van der Waals surface area contributed by atoms with Gasteiger partial charge in [-0.2, -0.15) is 0 Å². The summed E-state index contributed by atoms with van der Waals surface area (Å²) in [5.74, 6) is -0.829. The molecule has 0 bridgehead atoms. The number of aliphatic carboxylic acids is 1. The van der Waals surface area contributed by atoms with Gasteiger partial charge in [-0.05, 0) is 12.8 Å². The van der Waals surface area contributed by atoms with Gasteiger partial charge in [0.05, 0.1) is 6.61 Å². The molecule has 0 saturated heterocycles.